The van der Waals surface area contributed by atoms with Crippen LogP contribution in [0.4, 0.5) is 0 Å². The van der Waals surface area contributed by atoms with E-state index in [1.807, 2.05) is 13.8 Å². The van der Waals surface area contributed by atoms with Crippen LogP contribution in [0.5, 0.6) is 0 Å². The number of thioether (sulfide) groups is 2. The largest absolute Gasteiger partial charge is 0.390 e. The highest BCUT2D eigenvalue weighted by Crippen LogP contribution is 2.49. The Bertz CT molecular complexity index is 411. The Hall–Kier alpha value is 0.580. The van der Waals surface area contributed by atoms with E-state index in [0.717, 1.165) is 6.42 Å². The lowest BCUT2D eigenvalue weighted by Gasteiger charge is -2.38. The lowest BCUT2D eigenvalue weighted by molar-refractivity contribution is -0.151. The molecule has 2 heterocycles. The molecule has 2 aliphatic rings. The highest BCUT2D eigenvalue weighted by atomic mass is 32.2. The van der Waals surface area contributed by atoms with Crippen molar-refractivity contribution in [3.05, 3.63) is 0 Å². The van der Waals surface area contributed by atoms with Gasteiger partial charge in [-0.15, -0.1) is 23.5 Å². The molecule has 0 amide bonds. The maximum absolute atomic E-state index is 10.8. The van der Waals surface area contributed by atoms with E-state index in [0.29, 0.717) is 6.61 Å². The van der Waals surface area contributed by atoms with Crippen molar-refractivity contribution in [1.29, 1.82) is 0 Å². The van der Waals surface area contributed by atoms with Crippen molar-refractivity contribution in [2.45, 2.75) is 126 Å². The SMILES string of the molecule is CCCCCCCCCCCCC1(C[C@@H](O)[C@@H]2COC(C)(C)O2)SCCCS1. The van der Waals surface area contributed by atoms with E-state index in [-0.39, 0.29) is 10.2 Å². The molecule has 0 aromatic heterocycles. The van der Waals surface area contributed by atoms with E-state index in [1.165, 1.54) is 88.6 Å². The molecular formula is C23H44O3S2. The number of rotatable bonds is 14. The second-order valence-corrected chi connectivity index (χ2v) is 12.2. The zero-order chi connectivity index (χ0) is 20.3. The van der Waals surface area contributed by atoms with Crippen LogP contribution in [0.25, 0.3) is 0 Å². The monoisotopic (exact) mass is 432 g/mol. The van der Waals surface area contributed by atoms with Gasteiger partial charge in [0.1, 0.15) is 6.10 Å². The van der Waals surface area contributed by atoms with E-state index < -0.39 is 11.9 Å². The third kappa shape index (κ3) is 9.16. The van der Waals surface area contributed by atoms with Crippen LogP contribution in [-0.4, -0.2) is 45.3 Å². The molecule has 0 unspecified atom stereocenters. The zero-order valence-corrected chi connectivity index (χ0v) is 20.2. The van der Waals surface area contributed by atoms with E-state index in [2.05, 4.69) is 30.4 Å². The highest BCUT2D eigenvalue weighted by molar-refractivity contribution is 8.18. The van der Waals surface area contributed by atoms with Gasteiger partial charge in [-0.1, -0.05) is 71.1 Å². The maximum atomic E-state index is 10.8. The minimum atomic E-state index is -0.553. The first-order chi connectivity index (χ1) is 13.5. The van der Waals surface area contributed by atoms with Crippen molar-refractivity contribution in [2.24, 2.45) is 0 Å². The molecule has 0 radical (unpaired) electrons. The second kappa shape index (κ2) is 13.1. The fourth-order valence-electron chi connectivity index (χ4n) is 4.22. The first-order valence-corrected chi connectivity index (χ1v) is 13.7. The molecule has 0 bridgehead atoms. The van der Waals surface area contributed by atoms with Crippen LogP contribution in [0.3, 0.4) is 0 Å². The quantitative estimate of drug-likeness (QED) is 0.307. The van der Waals surface area contributed by atoms with Gasteiger partial charge in [-0.2, -0.15) is 0 Å². The zero-order valence-electron chi connectivity index (χ0n) is 18.5. The Balaban J connectivity index is 1.65. The minimum absolute atomic E-state index is 0.175. The summed E-state index contributed by atoms with van der Waals surface area (Å²) in [5.74, 6) is 1.90. The summed E-state index contributed by atoms with van der Waals surface area (Å²) in [7, 11) is 0. The van der Waals surface area contributed by atoms with Gasteiger partial charge in [0.25, 0.3) is 0 Å². The van der Waals surface area contributed by atoms with Crippen molar-refractivity contribution in [1.82, 2.24) is 0 Å². The average Bonchev–Trinajstić information content (AvgIpc) is 3.04. The smallest absolute Gasteiger partial charge is 0.163 e. The summed E-state index contributed by atoms with van der Waals surface area (Å²) in [6, 6.07) is 0. The first-order valence-electron chi connectivity index (χ1n) is 11.7. The molecule has 0 saturated carbocycles. The van der Waals surface area contributed by atoms with Gasteiger partial charge in [0.15, 0.2) is 5.79 Å². The van der Waals surface area contributed by atoms with Crippen LogP contribution in [0.1, 0.15) is 104 Å². The molecule has 0 aromatic carbocycles. The molecule has 3 nitrogen and oxygen atoms in total. The number of hydrogen-bond acceptors (Lipinski definition) is 5. The molecule has 2 saturated heterocycles. The standard InChI is InChI=1S/C23H44O3S2/c1-4-5-6-7-8-9-10-11-12-13-15-23(27-16-14-17-28-23)18-20(24)21-19-25-22(2,3)26-21/h20-21,24H,4-19H2,1-3H3/t20-,21+/m1/s1. The van der Waals surface area contributed by atoms with Crippen molar-refractivity contribution >= 4 is 23.5 Å². The third-order valence-corrected chi connectivity index (χ3v) is 9.40. The normalized spacial score (nSPS) is 25.1. The Morgan fingerprint density at radius 1 is 0.929 bits per heavy atom. The van der Waals surface area contributed by atoms with Gasteiger partial charge in [-0.3, -0.25) is 0 Å². The Kier molecular flexibility index (Phi) is 11.6. The third-order valence-electron chi connectivity index (χ3n) is 5.91. The summed E-state index contributed by atoms with van der Waals surface area (Å²) in [6.07, 6.45) is 16.5. The van der Waals surface area contributed by atoms with Crippen LogP contribution < -0.4 is 0 Å². The minimum Gasteiger partial charge on any atom is -0.390 e. The summed E-state index contributed by atoms with van der Waals surface area (Å²) in [5.41, 5.74) is 0. The summed E-state index contributed by atoms with van der Waals surface area (Å²) in [5, 5.41) is 10.8. The van der Waals surface area contributed by atoms with Gasteiger partial charge in [0, 0.05) is 0 Å². The number of unbranched alkanes of at least 4 members (excludes halogenated alkanes) is 9. The Labute approximate surface area is 182 Å². The molecule has 5 heteroatoms. The van der Waals surface area contributed by atoms with E-state index in [9.17, 15) is 5.11 Å². The Morgan fingerprint density at radius 3 is 2.04 bits per heavy atom. The molecule has 2 fully saturated rings. The fraction of sp³-hybridized carbons (Fsp3) is 1.00. The molecule has 28 heavy (non-hydrogen) atoms. The molecular weight excluding hydrogens is 388 g/mol. The van der Waals surface area contributed by atoms with Gasteiger partial charge in [-0.05, 0) is 44.6 Å². The lowest BCUT2D eigenvalue weighted by Crippen LogP contribution is -2.38. The Morgan fingerprint density at radius 2 is 1.50 bits per heavy atom. The molecule has 0 spiro atoms. The average molecular weight is 433 g/mol. The van der Waals surface area contributed by atoms with Crippen LogP contribution >= 0.6 is 23.5 Å². The lowest BCUT2D eigenvalue weighted by atomic mass is 10.0. The summed E-state index contributed by atoms with van der Waals surface area (Å²) in [4.78, 5) is 0. The van der Waals surface area contributed by atoms with E-state index in [1.54, 1.807) is 0 Å². The summed E-state index contributed by atoms with van der Waals surface area (Å²) in [6.45, 7) is 6.66. The van der Waals surface area contributed by atoms with Crippen molar-refractivity contribution < 1.29 is 14.6 Å². The molecule has 0 aliphatic carbocycles. The molecule has 1 N–H and O–H groups in total. The number of aliphatic hydroxyl groups is 1. The first kappa shape index (κ1) is 24.8. The van der Waals surface area contributed by atoms with Crippen molar-refractivity contribution in [3.8, 4) is 0 Å². The fourth-order valence-corrected chi connectivity index (χ4v) is 7.71. The van der Waals surface area contributed by atoms with Crippen LogP contribution in [-0.2, 0) is 9.47 Å². The van der Waals surface area contributed by atoms with Gasteiger partial charge in [0.2, 0.25) is 0 Å². The number of hydrogen-bond donors (Lipinski definition) is 1. The number of ether oxygens (including phenoxy) is 2. The molecule has 0 aromatic rings. The summed E-state index contributed by atoms with van der Waals surface area (Å²) < 4.78 is 11.8. The molecule has 2 atom stereocenters. The van der Waals surface area contributed by atoms with Crippen molar-refractivity contribution in [2.75, 3.05) is 18.1 Å². The molecule has 2 aliphatic heterocycles. The van der Waals surface area contributed by atoms with E-state index >= 15 is 0 Å². The van der Waals surface area contributed by atoms with Crippen molar-refractivity contribution in [3.63, 3.8) is 0 Å². The highest BCUT2D eigenvalue weighted by Gasteiger charge is 2.42. The topological polar surface area (TPSA) is 38.7 Å². The van der Waals surface area contributed by atoms with Gasteiger partial charge in [-0.25, -0.2) is 0 Å². The number of aliphatic hydroxyl groups excluding tert-OH is 1. The molecule has 2 rings (SSSR count). The van der Waals surface area contributed by atoms with Crippen LogP contribution in [0.2, 0.25) is 0 Å². The van der Waals surface area contributed by atoms with Gasteiger partial charge in [0.05, 0.1) is 16.8 Å². The van der Waals surface area contributed by atoms with Gasteiger partial charge >= 0.3 is 0 Å². The van der Waals surface area contributed by atoms with Crippen LogP contribution in [0, 0.1) is 0 Å². The van der Waals surface area contributed by atoms with E-state index in [4.69, 9.17) is 9.47 Å². The van der Waals surface area contributed by atoms with Crippen LogP contribution in [0.15, 0.2) is 0 Å². The molecule has 166 valence electrons. The second-order valence-electron chi connectivity index (χ2n) is 9.03. The predicted octanol–water partition coefficient (Wildman–Crippen LogP) is 6.77. The van der Waals surface area contributed by atoms with Gasteiger partial charge < -0.3 is 14.6 Å². The maximum Gasteiger partial charge on any atom is 0.163 e. The summed E-state index contributed by atoms with van der Waals surface area (Å²) >= 11 is 4.17. The predicted molar refractivity (Wildman–Crippen MR) is 124 cm³/mol.